The summed E-state index contributed by atoms with van der Waals surface area (Å²) < 4.78 is 101. The third-order valence-corrected chi connectivity index (χ3v) is 4.66. The molecule has 43 heavy (non-hydrogen) atoms. The molecule has 0 atom stereocenters. The van der Waals surface area contributed by atoms with Crippen LogP contribution in [0.15, 0.2) is 49.6 Å². The molecule has 0 amide bonds. The van der Waals surface area contributed by atoms with Gasteiger partial charge in [-0.05, 0) is 34.7 Å². The second kappa shape index (κ2) is 17.6. The molecule has 0 aromatic carbocycles. The van der Waals surface area contributed by atoms with Crippen LogP contribution in [0, 0.1) is 0 Å². The van der Waals surface area contributed by atoms with Crippen LogP contribution in [-0.2, 0) is 45.2 Å². The molecule has 0 unspecified atom stereocenters. The highest BCUT2D eigenvalue weighted by Gasteiger charge is 2.39. The number of carbonyl (C=O) groups is 3. The van der Waals surface area contributed by atoms with Crippen LogP contribution in [0.2, 0.25) is 0 Å². The minimum absolute atomic E-state index is 0.580. The molecule has 0 saturated heterocycles. The van der Waals surface area contributed by atoms with E-state index in [-0.39, 0.29) is 0 Å². The Labute approximate surface area is 237 Å². The molecule has 10 nitrogen and oxygen atoms in total. The molecule has 240 valence electrons. The normalized spacial score (nSPS) is 13.0. The number of fused-ring (bicyclic) bond motifs is 1. The van der Waals surface area contributed by atoms with Gasteiger partial charge >= 0.3 is 36.4 Å². The van der Waals surface area contributed by atoms with Crippen molar-refractivity contribution >= 4 is 17.9 Å². The molecule has 3 rings (SSSR count). The van der Waals surface area contributed by atoms with E-state index in [4.69, 9.17) is 34.4 Å². The van der Waals surface area contributed by atoms with Crippen LogP contribution in [0.4, 0.5) is 39.5 Å². The van der Waals surface area contributed by atoms with Gasteiger partial charge in [0.15, 0.2) is 0 Å². The number of hydrogen-bond donors (Lipinski definition) is 3. The Bertz CT molecular complexity index is 1130. The molecule has 0 saturated carbocycles. The van der Waals surface area contributed by atoms with Crippen molar-refractivity contribution in [2.24, 2.45) is 0 Å². The summed E-state index contributed by atoms with van der Waals surface area (Å²) in [5.74, 6) is -8.27. The van der Waals surface area contributed by atoms with Gasteiger partial charge in [0.1, 0.15) is 0 Å². The van der Waals surface area contributed by atoms with Gasteiger partial charge in [0.05, 0.1) is 13.2 Å². The third kappa shape index (κ3) is 16.7. The molecule has 0 aliphatic carbocycles. The van der Waals surface area contributed by atoms with Crippen molar-refractivity contribution in [1.82, 2.24) is 14.9 Å². The number of nitrogens with zero attached hydrogens (tertiary/aromatic N) is 3. The fourth-order valence-electron chi connectivity index (χ4n) is 2.89. The summed E-state index contributed by atoms with van der Waals surface area (Å²) in [6.45, 7) is 7.80. The van der Waals surface area contributed by atoms with Crippen LogP contribution in [-0.4, -0.2) is 79.8 Å². The molecule has 19 heteroatoms. The zero-order valence-electron chi connectivity index (χ0n) is 21.7. The zero-order valence-corrected chi connectivity index (χ0v) is 21.7. The molecular formula is C24H24F9N3O7. The molecule has 0 fully saturated rings. The molecule has 0 spiro atoms. The molecule has 3 N–H and O–H groups in total. The van der Waals surface area contributed by atoms with E-state index in [2.05, 4.69) is 27.5 Å². The van der Waals surface area contributed by atoms with Gasteiger partial charge in [0.2, 0.25) is 0 Å². The number of halogens is 9. The number of hydrogen-bond acceptors (Lipinski definition) is 7. The van der Waals surface area contributed by atoms with Crippen molar-refractivity contribution in [3.63, 3.8) is 0 Å². The Hall–Kier alpha value is -4.26. The topological polar surface area (TPSA) is 150 Å². The maximum atomic E-state index is 10.6. The number of rotatable bonds is 6. The summed E-state index contributed by atoms with van der Waals surface area (Å²) >= 11 is 0. The summed E-state index contributed by atoms with van der Waals surface area (Å²) in [6.07, 6.45) is -4.76. The Morgan fingerprint density at radius 3 is 1.81 bits per heavy atom. The fraction of sp³-hybridized carbons (Fsp3) is 0.375. The lowest BCUT2D eigenvalue weighted by Crippen LogP contribution is -2.31. The molecule has 0 radical (unpaired) electrons. The Balaban J connectivity index is 0.000000690. The van der Waals surface area contributed by atoms with E-state index >= 15 is 0 Å². The minimum Gasteiger partial charge on any atom is -0.475 e. The summed E-state index contributed by atoms with van der Waals surface area (Å²) in [7, 11) is 0. The first-order valence-corrected chi connectivity index (χ1v) is 11.3. The van der Waals surface area contributed by atoms with E-state index in [9.17, 15) is 39.5 Å². The van der Waals surface area contributed by atoms with E-state index in [1.54, 1.807) is 6.08 Å². The van der Waals surface area contributed by atoms with E-state index in [0.29, 0.717) is 13.2 Å². The summed E-state index contributed by atoms with van der Waals surface area (Å²) in [5, 5.41) is 21.4. The fourth-order valence-corrected chi connectivity index (χ4v) is 2.89. The quantitative estimate of drug-likeness (QED) is 0.232. The van der Waals surface area contributed by atoms with Crippen molar-refractivity contribution in [1.29, 1.82) is 0 Å². The second-order valence-corrected chi connectivity index (χ2v) is 7.97. The van der Waals surface area contributed by atoms with Crippen LogP contribution < -0.4 is 0 Å². The standard InChI is InChI=1S/C18H21N3O.3C2HF3O2/c1-2-8-22-14-17-11-20-10-16-13-21(7-5-18(16)17)12-15-4-3-6-19-9-15;3*3-2(4,5)1(6)7/h2-4,6,9-11H,1,5,7-8,12-14H2;3*(H,6,7). The second-order valence-electron chi connectivity index (χ2n) is 7.97. The maximum Gasteiger partial charge on any atom is 0.490 e. The van der Waals surface area contributed by atoms with Crippen molar-refractivity contribution in [2.75, 3.05) is 13.2 Å². The van der Waals surface area contributed by atoms with Crippen molar-refractivity contribution in [3.05, 3.63) is 71.8 Å². The number of carboxylic acids is 3. The van der Waals surface area contributed by atoms with Gasteiger partial charge in [-0.15, -0.1) is 6.58 Å². The molecule has 2 aromatic rings. The first-order valence-electron chi connectivity index (χ1n) is 11.3. The molecule has 2 aromatic heterocycles. The number of carboxylic acid groups (broad SMARTS) is 3. The van der Waals surface area contributed by atoms with Gasteiger partial charge in [0.25, 0.3) is 0 Å². The van der Waals surface area contributed by atoms with Crippen LogP contribution in [0.25, 0.3) is 0 Å². The molecule has 0 bridgehead atoms. The maximum absolute atomic E-state index is 10.6. The lowest BCUT2D eigenvalue weighted by Gasteiger charge is -2.29. The molecular weight excluding hydrogens is 613 g/mol. The molecule has 1 aliphatic rings. The zero-order chi connectivity index (χ0) is 33.4. The average Bonchev–Trinajstić information content (AvgIpc) is 2.89. The van der Waals surface area contributed by atoms with Gasteiger partial charge in [-0.1, -0.05) is 12.1 Å². The lowest BCUT2D eigenvalue weighted by atomic mass is 9.97. The summed E-state index contributed by atoms with van der Waals surface area (Å²) in [6, 6.07) is 4.12. The lowest BCUT2D eigenvalue weighted by molar-refractivity contribution is -0.193. The number of aliphatic carboxylic acids is 3. The summed E-state index contributed by atoms with van der Waals surface area (Å²) in [4.78, 5) is 37.7. The Morgan fingerprint density at radius 2 is 1.40 bits per heavy atom. The monoisotopic (exact) mass is 637 g/mol. The SMILES string of the molecule is C=CCOCc1cncc2c1CCN(Cc1cccnc1)C2.O=C(O)C(F)(F)F.O=C(O)C(F)(F)F.O=C(O)C(F)(F)F. The number of alkyl halides is 9. The Morgan fingerprint density at radius 1 is 0.884 bits per heavy atom. The minimum atomic E-state index is -5.08. The van der Waals surface area contributed by atoms with Crippen molar-refractivity contribution < 1.29 is 74.0 Å². The third-order valence-electron chi connectivity index (χ3n) is 4.66. The highest BCUT2D eigenvalue weighted by molar-refractivity contribution is 5.73. The molecule has 3 heterocycles. The van der Waals surface area contributed by atoms with Crippen molar-refractivity contribution in [2.45, 2.75) is 44.6 Å². The predicted molar refractivity (Wildman–Crippen MR) is 127 cm³/mol. The van der Waals surface area contributed by atoms with Crippen LogP contribution in [0.3, 0.4) is 0 Å². The van der Waals surface area contributed by atoms with Gasteiger partial charge in [-0.3, -0.25) is 14.9 Å². The number of aromatic nitrogens is 2. The van der Waals surface area contributed by atoms with E-state index in [0.717, 1.165) is 26.1 Å². The number of pyridine rings is 2. The summed E-state index contributed by atoms with van der Waals surface area (Å²) in [5.41, 5.74) is 5.18. The largest absolute Gasteiger partial charge is 0.490 e. The predicted octanol–water partition coefficient (Wildman–Crippen LogP) is 4.64. The van der Waals surface area contributed by atoms with E-state index < -0.39 is 36.4 Å². The van der Waals surface area contributed by atoms with Crippen LogP contribution in [0.1, 0.15) is 22.3 Å². The first kappa shape index (κ1) is 38.7. The van der Waals surface area contributed by atoms with Crippen LogP contribution >= 0.6 is 0 Å². The first-order chi connectivity index (χ1) is 19.7. The Kier molecular flexibility index (Phi) is 15.9. The highest BCUT2D eigenvalue weighted by Crippen LogP contribution is 2.23. The number of ether oxygens (including phenoxy) is 1. The molecule has 1 aliphatic heterocycles. The van der Waals surface area contributed by atoms with E-state index in [1.807, 2.05) is 30.9 Å². The van der Waals surface area contributed by atoms with Crippen molar-refractivity contribution in [3.8, 4) is 0 Å². The van der Waals surface area contributed by atoms with E-state index in [1.165, 1.54) is 22.3 Å². The van der Waals surface area contributed by atoms with Gasteiger partial charge < -0.3 is 20.1 Å². The average molecular weight is 637 g/mol. The van der Waals surface area contributed by atoms with Crippen LogP contribution in [0.5, 0.6) is 0 Å². The van der Waals surface area contributed by atoms with Gasteiger partial charge in [-0.2, -0.15) is 39.5 Å². The smallest absolute Gasteiger partial charge is 0.475 e. The highest BCUT2D eigenvalue weighted by atomic mass is 19.4. The van der Waals surface area contributed by atoms with Gasteiger partial charge in [0, 0.05) is 44.4 Å². The van der Waals surface area contributed by atoms with Gasteiger partial charge in [-0.25, -0.2) is 14.4 Å².